The van der Waals surface area contributed by atoms with Crippen LogP contribution >= 0.6 is 11.6 Å². The fourth-order valence-corrected chi connectivity index (χ4v) is 1.83. The summed E-state index contributed by atoms with van der Waals surface area (Å²) < 4.78 is 45.4. The summed E-state index contributed by atoms with van der Waals surface area (Å²) in [4.78, 5) is 11.4. The zero-order chi connectivity index (χ0) is 16.0. The second-order valence-electron chi connectivity index (χ2n) is 3.89. The standard InChI is InChI=1S/C13H11ClF3NO3/c1-2-20-12(19)5-8-3-9(6-14)11(4-10(8)7-18)21-13(15,16)17/h3-4H,2,5-6H2,1H3. The van der Waals surface area contributed by atoms with Gasteiger partial charge in [0, 0.05) is 5.56 Å². The Labute approximate surface area is 124 Å². The third kappa shape index (κ3) is 5.16. The van der Waals surface area contributed by atoms with Crippen LogP contribution in [-0.2, 0) is 21.8 Å². The van der Waals surface area contributed by atoms with Crippen molar-refractivity contribution in [3.8, 4) is 11.8 Å². The van der Waals surface area contributed by atoms with Crippen molar-refractivity contribution in [2.75, 3.05) is 6.61 Å². The Morgan fingerprint density at radius 1 is 1.38 bits per heavy atom. The first-order valence-electron chi connectivity index (χ1n) is 5.84. The Morgan fingerprint density at radius 3 is 2.52 bits per heavy atom. The first-order chi connectivity index (χ1) is 9.80. The van der Waals surface area contributed by atoms with Gasteiger partial charge in [0.2, 0.25) is 0 Å². The molecular formula is C13H11ClF3NO3. The largest absolute Gasteiger partial charge is 0.573 e. The normalized spacial score (nSPS) is 10.9. The molecule has 114 valence electrons. The van der Waals surface area contributed by atoms with E-state index in [1.54, 1.807) is 13.0 Å². The fourth-order valence-electron chi connectivity index (χ4n) is 1.62. The molecule has 0 aliphatic carbocycles. The number of benzene rings is 1. The molecule has 0 saturated carbocycles. The fraction of sp³-hybridized carbons (Fsp3) is 0.385. The molecule has 0 radical (unpaired) electrons. The minimum Gasteiger partial charge on any atom is -0.466 e. The summed E-state index contributed by atoms with van der Waals surface area (Å²) in [5.74, 6) is -1.40. The van der Waals surface area contributed by atoms with Crippen LogP contribution < -0.4 is 4.74 Å². The predicted molar refractivity (Wildman–Crippen MR) is 67.7 cm³/mol. The van der Waals surface area contributed by atoms with Crippen LogP contribution in [0.1, 0.15) is 23.6 Å². The van der Waals surface area contributed by atoms with Crippen molar-refractivity contribution in [3.05, 3.63) is 28.8 Å². The second kappa shape index (κ2) is 7.18. The van der Waals surface area contributed by atoms with E-state index < -0.39 is 18.1 Å². The highest BCUT2D eigenvalue weighted by molar-refractivity contribution is 6.17. The summed E-state index contributed by atoms with van der Waals surface area (Å²) in [6, 6.07) is 3.88. The molecule has 0 bridgehead atoms. The molecule has 0 aliphatic rings. The monoisotopic (exact) mass is 321 g/mol. The smallest absolute Gasteiger partial charge is 0.466 e. The molecule has 4 nitrogen and oxygen atoms in total. The number of halogens is 4. The number of carbonyl (C=O) groups is 1. The molecule has 1 aromatic rings. The Morgan fingerprint density at radius 2 is 2.05 bits per heavy atom. The van der Waals surface area contributed by atoms with Gasteiger partial charge in [0.1, 0.15) is 5.75 Å². The Kier molecular flexibility index (Phi) is 5.85. The minimum absolute atomic E-state index is 0.0345. The Balaban J connectivity index is 3.17. The van der Waals surface area contributed by atoms with Gasteiger partial charge in [-0.1, -0.05) is 0 Å². The third-order valence-electron chi connectivity index (χ3n) is 2.42. The van der Waals surface area contributed by atoms with Gasteiger partial charge >= 0.3 is 12.3 Å². The second-order valence-corrected chi connectivity index (χ2v) is 4.16. The molecule has 0 aliphatic heterocycles. The number of alkyl halides is 4. The number of hydrogen-bond donors (Lipinski definition) is 0. The lowest BCUT2D eigenvalue weighted by atomic mass is 10.0. The van der Waals surface area contributed by atoms with Crippen LogP contribution in [0.15, 0.2) is 12.1 Å². The van der Waals surface area contributed by atoms with E-state index in [0.717, 1.165) is 6.07 Å². The zero-order valence-corrected chi connectivity index (χ0v) is 11.7. The van der Waals surface area contributed by atoms with Crippen LogP contribution in [0.2, 0.25) is 0 Å². The lowest BCUT2D eigenvalue weighted by Gasteiger charge is -2.14. The van der Waals surface area contributed by atoms with Crippen LogP contribution in [0.5, 0.6) is 5.75 Å². The first kappa shape index (κ1) is 17.1. The van der Waals surface area contributed by atoms with Crippen molar-refractivity contribution in [2.45, 2.75) is 25.6 Å². The van der Waals surface area contributed by atoms with Crippen molar-refractivity contribution in [1.82, 2.24) is 0 Å². The van der Waals surface area contributed by atoms with Gasteiger partial charge in [-0.3, -0.25) is 4.79 Å². The molecule has 0 unspecified atom stereocenters. The molecule has 1 aromatic carbocycles. The number of esters is 1. The van der Waals surface area contributed by atoms with Crippen LogP contribution in [-0.4, -0.2) is 18.9 Å². The van der Waals surface area contributed by atoms with Gasteiger partial charge < -0.3 is 9.47 Å². The summed E-state index contributed by atoms with van der Waals surface area (Å²) >= 11 is 5.58. The van der Waals surface area contributed by atoms with E-state index in [0.29, 0.717) is 0 Å². The van der Waals surface area contributed by atoms with Crippen LogP contribution in [0.25, 0.3) is 0 Å². The van der Waals surface area contributed by atoms with Gasteiger partial charge in [0.05, 0.1) is 30.5 Å². The Hall–Kier alpha value is -1.94. The van der Waals surface area contributed by atoms with Gasteiger partial charge in [0.15, 0.2) is 0 Å². The average molecular weight is 322 g/mol. The molecular weight excluding hydrogens is 311 g/mol. The van der Waals surface area contributed by atoms with Crippen LogP contribution in [0.4, 0.5) is 13.2 Å². The SMILES string of the molecule is CCOC(=O)Cc1cc(CCl)c(OC(F)(F)F)cc1C#N. The topological polar surface area (TPSA) is 59.3 Å². The van der Waals surface area contributed by atoms with Crippen molar-refractivity contribution < 1.29 is 27.4 Å². The third-order valence-corrected chi connectivity index (χ3v) is 2.70. The summed E-state index contributed by atoms with van der Waals surface area (Å²) in [6.45, 7) is 1.78. The summed E-state index contributed by atoms with van der Waals surface area (Å²) in [6.07, 6.45) is -5.12. The molecule has 0 N–H and O–H groups in total. The van der Waals surface area contributed by atoms with E-state index in [2.05, 4.69) is 4.74 Å². The number of nitrogens with zero attached hydrogens (tertiary/aromatic N) is 1. The van der Waals surface area contributed by atoms with E-state index in [4.69, 9.17) is 21.6 Å². The van der Waals surface area contributed by atoms with Gasteiger partial charge in [-0.05, 0) is 24.6 Å². The first-order valence-corrected chi connectivity index (χ1v) is 6.37. The van der Waals surface area contributed by atoms with E-state index in [-0.39, 0.29) is 35.6 Å². The number of carbonyl (C=O) groups excluding carboxylic acids is 1. The molecule has 21 heavy (non-hydrogen) atoms. The van der Waals surface area contributed by atoms with E-state index in [1.807, 2.05) is 0 Å². The zero-order valence-electron chi connectivity index (χ0n) is 11.0. The van der Waals surface area contributed by atoms with Crippen molar-refractivity contribution in [3.63, 3.8) is 0 Å². The highest BCUT2D eigenvalue weighted by atomic mass is 35.5. The molecule has 0 atom stereocenters. The maximum absolute atomic E-state index is 12.3. The number of hydrogen-bond acceptors (Lipinski definition) is 4. The summed E-state index contributed by atoms with van der Waals surface area (Å²) in [7, 11) is 0. The van der Waals surface area contributed by atoms with Crippen molar-refractivity contribution in [2.24, 2.45) is 0 Å². The highest BCUT2D eigenvalue weighted by Crippen LogP contribution is 2.30. The number of ether oxygens (including phenoxy) is 2. The predicted octanol–water partition coefficient (Wildman–Crippen LogP) is 3.30. The average Bonchev–Trinajstić information content (AvgIpc) is 2.38. The number of rotatable bonds is 5. The number of nitriles is 1. The lowest BCUT2D eigenvalue weighted by Crippen LogP contribution is -2.18. The molecule has 0 spiro atoms. The van der Waals surface area contributed by atoms with Crippen LogP contribution in [0, 0.1) is 11.3 Å². The quantitative estimate of drug-likeness (QED) is 0.616. The molecule has 0 aromatic heterocycles. The van der Waals surface area contributed by atoms with Gasteiger partial charge in [-0.2, -0.15) is 5.26 Å². The molecule has 1 rings (SSSR count). The molecule has 8 heteroatoms. The van der Waals surface area contributed by atoms with Gasteiger partial charge in [0.25, 0.3) is 0 Å². The molecule has 0 heterocycles. The lowest BCUT2D eigenvalue weighted by molar-refractivity contribution is -0.274. The van der Waals surface area contributed by atoms with Gasteiger partial charge in [-0.25, -0.2) is 0 Å². The summed E-state index contributed by atoms with van der Waals surface area (Å²) in [5.41, 5.74) is 0.171. The molecule has 0 amide bonds. The maximum Gasteiger partial charge on any atom is 0.573 e. The molecule has 0 saturated heterocycles. The molecule has 0 fully saturated rings. The van der Waals surface area contributed by atoms with E-state index in [1.165, 1.54) is 6.07 Å². The van der Waals surface area contributed by atoms with E-state index in [9.17, 15) is 18.0 Å². The van der Waals surface area contributed by atoms with Crippen molar-refractivity contribution >= 4 is 17.6 Å². The minimum atomic E-state index is -4.89. The van der Waals surface area contributed by atoms with Gasteiger partial charge in [-0.15, -0.1) is 24.8 Å². The van der Waals surface area contributed by atoms with Crippen molar-refractivity contribution in [1.29, 1.82) is 5.26 Å². The summed E-state index contributed by atoms with van der Waals surface area (Å²) in [5, 5.41) is 8.98. The Bertz CT molecular complexity index is 567. The van der Waals surface area contributed by atoms with E-state index >= 15 is 0 Å². The highest BCUT2D eigenvalue weighted by Gasteiger charge is 2.32. The van der Waals surface area contributed by atoms with Crippen LogP contribution in [0.3, 0.4) is 0 Å². The maximum atomic E-state index is 12.3.